The minimum Gasteiger partial charge on any atom is -0.310 e. The molecular formula is C38H31F15N4O. The first-order chi connectivity index (χ1) is 27.5. The molecule has 0 saturated carbocycles. The molecule has 20 heteroatoms. The Morgan fingerprint density at radius 1 is 0.328 bits per heavy atom. The first-order valence-electron chi connectivity index (χ1n) is 18.5. The molecule has 314 valence electrons. The molecule has 5 nitrogen and oxygen atoms in total. The van der Waals surface area contributed by atoms with E-state index >= 15 is 26.3 Å². The largest absolute Gasteiger partial charge is 0.310 e. The fourth-order valence-corrected chi connectivity index (χ4v) is 10.5. The Kier molecular flexibility index (Phi) is 10.6. The Bertz CT molecular complexity index is 2100. The smallest absolute Gasteiger partial charge is 0.200 e. The summed E-state index contributed by atoms with van der Waals surface area (Å²) in [6, 6.07) is -9.63. The van der Waals surface area contributed by atoms with Gasteiger partial charge in [0.25, 0.3) is 0 Å². The Morgan fingerprint density at radius 2 is 0.586 bits per heavy atom. The predicted molar refractivity (Wildman–Crippen MR) is 172 cm³/mol. The third-order valence-corrected chi connectivity index (χ3v) is 13.0. The van der Waals surface area contributed by atoms with E-state index in [0.29, 0.717) is 6.29 Å². The van der Waals surface area contributed by atoms with E-state index in [-0.39, 0.29) is 44.9 Å². The first-order valence-corrected chi connectivity index (χ1v) is 18.5. The number of carbonyl (C=O) groups is 1. The van der Waals surface area contributed by atoms with E-state index < -0.39 is 176 Å². The molecule has 12 atom stereocenters. The van der Waals surface area contributed by atoms with Gasteiger partial charge in [-0.05, 0) is 44.9 Å². The second kappa shape index (κ2) is 15.0. The molecule has 12 unspecified atom stereocenters. The number of rotatable bonds is 4. The molecule has 5 aliphatic heterocycles. The Labute approximate surface area is 319 Å². The van der Waals surface area contributed by atoms with Gasteiger partial charge in [0.05, 0.1) is 0 Å². The second-order valence-corrected chi connectivity index (χ2v) is 15.7. The average Bonchev–Trinajstić information content (AvgIpc) is 4.05. The normalized spacial score (nSPS) is 33.4. The number of hydrogen-bond donors (Lipinski definition) is 4. The Morgan fingerprint density at radius 3 is 0.914 bits per heavy atom. The van der Waals surface area contributed by atoms with Crippen molar-refractivity contribution in [3.8, 4) is 0 Å². The van der Waals surface area contributed by atoms with Crippen molar-refractivity contribution in [3.63, 3.8) is 0 Å². The fraction of sp³-hybridized carbons (Fsp3) is 0.500. The van der Waals surface area contributed by atoms with Crippen LogP contribution in [0, 0.1) is 93.2 Å². The summed E-state index contributed by atoms with van der Waals surface area (Å²) in [6.07, 6.45) is -0.691. The van der Waals surface area contributed by atoms with Crippen LogP contribution in [0.25, 0.3) is 0 Å². The molecule has 0 spiro atoms. The van der Waals surface area contributed by atoms with Gasteiger partial charge in [-0.25, -0.2) is 65.9 Å². The summed E-state index contributed by atoms with van der Waals surface area (Å²) < 4.78 is 226. The molecule has 8 rings (SSSR count). The van der Waals surface area contributed by atoms with E-state index in [1.54, 1.807) is 0 Å². The van der Waals surface area contributed by atoms with Crippen LogP contribution in [0.3, 0.4) is 0 Å². The van der Waals surface area contributed by atoms with Crippen molar-refractivity contribution in [2.24, 2.45) is 5.92 Å². The molecule has 4 N–H and O–H groups in total. The molecule has 8 bridgehead atoms. The monoisotopic (exact) mass is 844 g/mol. The van der Waals surface area contributed by atoms with E-state index in [0.717, 1.165) is 0 Å². The highest BCUT2D eigenvalue weighted by molar-refractivity contribution is 5.57. The summed E-state index contributed by atoms with van der Waals surface area (Å²) in [5, 5.41) is 12.0. The van der Waals surface area contributed by atoms with Gasteiger partial charge in [0.15, 0.2) is 69.8 Å². The highest BCUT2D eigenvalue weighted by atomic mass is 19.2. The van der Waals surface area contributed by atoms with Gasteiger partial charge in [-0.3, -0.25) is 0 Å². The SMILES string of the molecule is O=CC1CC2NC1C(c1c(F)c(F)c(F)c(F)c1F)C1CCC(N1)C(c1c(F)c(F)c(F)c(F)c1F)C1CCC(N1)C(c1c(F)c(F)c(F)c(F)c1F)C1CCC2N1. The maximum absolute atomic E-state index is 15.8. The van der Waals surface area contributed by atoms with Gasteiger partial charge < -0.3 is 26.1 Å². The summed E-state index contributed by atoms with van der Waals surface area (Å²) >= 11 is 0. The van der Waals surface area contributed by atoms with Gasteiger partial charge >= 0.3 is 0 Å². The van der Waals surface area contributed by atoms with E-state index in [4.69, 9.17) is 0 Å². The lowest BCUT2D eigenvalue weighted by molar-refractivity contribution is -0.111. The molecule has 0 amide bonds. The summed E-state index contributed by atoms with van der Waals surface area (Å²) in [6.45, 7) is 0. The Hall–Kier alpha value is -3.88. The van der Waals surface area contributed by atoms with Crippen molar-refractivity contribution in [3.05, 3.63) is 104 Å². The van der Waals surface area contributed by atoms with Crippen molar-refractivity contribution < 1.29 is 70.7 Å². The number of carbonyl (C=O) groups excluding carboxylic acids is 1. The van der Waals surface area contributed by atoms with Gasteiger partial charge in [-0.2, -0.15) is 0 Å². The zero-order valence-corrected chi connectivity index (χ0v) is 29.5. The van der Waals surface area contributed by atoms with Crippen LogP contribution in [0.1, 0.15) is 79.4 Å². The quantitative estimate of drug-likeness (QED) is 0.0959. The number of aldehydes is 1. The molecule has 0 radical (unpaired) electrons. The lowest BCUT2D eigenvalue weighted by atomic mass is 9.79. The fourth-order valence-electron chi connectivity index (χ4n) is 10.5. The highest BCUT2D eigenvalue weighted by Crippen LogP contribution is 2.48. The van der Waals surface area contributed by atoms with Crippen LogP contribution in [-0.2, 0) is 4.79 Å². The summed E-state index contributed by atoms with van der Waals surface area (Å²) in [4.78, 5) is 12.6. The minimum absolute atomic E-state index is 0.0266. The summed E-state index contributed by atoms with van der Waals surface area (Å²) in [5.41, 5.74) is -3.95. The third kappa shape index (κ3) is 6.13. The maximum atomic E-state index is 15.8. The van der Waals surface area contributed by atoms with Crippen LogP contribution >= 0.6 is 0 Å². The van der Waals surface area contributed by atoms with Gasteiger partial charge in [0, 0.05) is 88.7 Å². The number of hydrogen-bond acceptors (Lipinski definition) is 5. The molecule has 5 fully saturated rings. The van der Waals surface area contributed by atoms with Crippen LogP contribution in [-0.4, -0.2) is 54.6 Å². The maximum Gasteiger partial charge on any atom is 0.200 e. The molecule has 0 aliphatic carbocycles. The van der Waals surface area contributed by atoms with Crippen molar-refractivity contribution in [2.45, 2.75) is 111 Å². The molecule has 3 aromatic carbocycles. The second-order valence-electron chi connectivity index (χ2n) is 15.7. The standard InChI is InChI=1S/C38H31F15N4O/c39-23-20(24(40)30(46)35(51)29(23)45)17-11-2-1-10(54-11)16-7-9(8-58)38(57-16)19(22-27(43)33(49)37(53)34(50)28(22)44)15-6-5-14(56-15)18(13-4-3-12(17)55-13)21-25(41)31(47)36(52)32(48)26(21)42/h8-19,38,54-57H,1-7H2. The number of nitrogens with one attached hydrogen (secondary N) is 4. The van der Waals surface area contributed by atoms with E-state index in [1.165, 1.54) is 0 Å². The van der Waals surface area contributed by atoms with E-state index in [1.807, 2.05) is 0 Å². The van der Waals surface area contributed by atoms with Gasteiger partial charge in [-0.1, -0.05) is 0 Å². The van der Waals surface area contributed by atoms with Crippen molar-refractivity contribution in [1.82, 2.24) is 21.3 Å². The molecular weight excluding hydrogens is 813 g/mol. The van der Waals surface area contributed by atoms with Gasteiger partial charge in [-0.15, -0.1) is 0 Å². The molecule has 3 aromatic rings. The van der Waals surface area contributed by atoms with Gasteiger partial charge in [0.1, 0.15) is 6.29 Å². The first kappa shape index (κ1) is 40.9. The van der Waals surface area contributed by atoms with Crippen LogP contribution < -0.4 is 21.3 Å². The lowest BCUT2D eigenvalue weighted by Gasteiger charge is -2.36. The number of halogens is 15. The van der Waals surface area contributed by atoms with Crippen LogP contribution in [0.15, 0.2) is 0 Å². The summed E-state index contributed by atoms with van der Waals surface area (Å²) in [5.74, 6) is -41.1. The van der Waals surface area contributed by atoms with Crippen LogP contribution in [0.4, 0.5) is 65.9 Å². The van der Waals surface area contributed by atoms with Crippen molar-refractivity contribution in [1.29, 1.82) is 0 Å². The minimum atomic E-state index is -2.51. The molecule has 0 aromatic heterocycles. The van der Waals surface area contributed by atoms with Crippen LogP contribution in [0.5, 0.6) is 0 Å². The molecule has 58 heavy (non-hydrogen) atoms. The zero-order valence-electron chi connectivity index (χ0n) is 29.5. The molecule has 5 aliphatic rings. The lowest BCUT2D eigenvalue weighted by Crippen LogP contribution is -2.51. The topological polar surface area (TPSA) is 65.2 Å². The molecule has 5 heterocycles. The van der Waals surface area contributed by atoms with Crippen molar-refractivity contribution in [2.75, 3.05) is 0 Å². The number of benzene rings is 3. The number of fused-ring (bicyclic) bond motifs is 9. The molecule has 5 saturated heterocycles. The summed E-state index contributed by atoms with van der Waals surface area (Å²) in [7, 11) is 0. The Balaban J connectivity index is 1.33. The average molecular weight is 845 g/mol. The van der Waals surface area contributed by atoms with E-state index in [2.05, 4.69) is 21.3 Å². The van der Waals surface area contributed by atoms with Crippen molar-refractivity contribution >= 4 is 6.29 Å². The van der Waals surface area contributed by atoms with E-state index in [9.17, 15) is 44.3 Å². The van der Waals surface area contributed by atoms with Crippen LogP contribution in [0.2, 0.25) is 0 Å². The predicted octanol–water partition coefficient (Wildman–Crippen LogP) is 7.35. The van der Waals surface area contributed by atoms with Gasteiger partial charge in [0.2, 0.25) is 17.5 Å². The third-order valence-electron chi connectivity index (χ3n) is 13.0. The zero-order chi connectivity index (χ0) is 41.8. The highest BCUT2D eigenvalue weighted by Gasteiger charge is 2.54.